The Morgan fingerprint density at radius 3 is 2.20 bits per heavy atom. The zero-order valence-corrected chi connectivity index (χ0v) is 27.3. The van der Waals surface area contributed by atoms with E-state index in [4.69, 9.17) is 32.7 Å². The van der Waals surface area contributed by atoms with Gasteiger partial charge in [0.25, 0.3) is 5.91 Å². The summed E-state index contributed by atoms with van der Waals surface area (Å²) in [6.45, 7) is 7.82. The maximum Gasteiger partial charge on any atom is 0.256 e. The van der Waals surface area contributed by atoms with Crippen LogP contribution in [-0.4, -0.2) is 55.9 Å². The molecule has 1 unspecified atom stereocenters. The molecule has 8 nitrogen and oxygen atoms in total. The number of rotatable bonds is 7. The first-order valence-corrected chi connectivity index (χ1v) is 17.6. The van der Waals surface area contributed by atoms with Gasteiger partial charge in [-0.05, 0) is 64.0 Å². The van der Waals surface area contributed by atoms with E-state index in [1.807, 2.05) is 60.8 Å². The second-order valence-electron chi connectivity index (χ2n) is 8.60. The molecule has 0 saturated carbocycles. The molecule has 5 rings (SSSR count). The van der Waals surface area contributed by atoms with Gasteiger partial charge in [-0.25, -0.2) is 4.45 Å². The summed E-state index contributed by atoms with van der Waals surface area (Å²) in [7, 11) is 3.09. The topological polar surface area (TPSA) is 80.7 Å². The number of amides is 1. The minimum absolute atomic E-state index is 0.215. The van der Waals surface area contributed by atoms with Crippen LogP contribution in [0.2, 0.25) is 10.0 Å². The predicted octanol–water partition coefficient (Wildman–Crippen LogP) is 7.51. The van der Waals surface area contributed by atoms with Crippen molar-refractivity contribution in [1.82, 2.24) is 14.9 Å². The molecule has 0 bridgehead atoms. The second kappa shape index (κ2) is 14.0. The van der Waals surface area contributed by atoms with E-state index in [0.717, 1.165) is 48.3 Å². The molecule has 0 radical (unpaired) electrons. The van der Waals surface area contributed by atoms with Crippen molar-refractivity contribution in [3.63, 3.8) is 0 Å². The van der Waals surface area contributed by atoms with Crippen LogP contribution in [0.15, 0.2) is 48.5 Å². The number of halogens is 3. The molecule has 4 aromatic rings. The Balaban J connectivity index is 0.00000181. The molecule has 3 aromatic carbocycles. The lowest BCUT2D eigenvalue weighted by Gasteiger charge is -2.29. The van der Waals surface area contributed by atoms with Crippen molar-refractivity contribution in [3.05, 3.63) is 64.1 Å². The summed E-state index contributed by atoms with van der Waals surface area (Å²) in [5.41, 5.74) is 3.91. The van der Waals surface area contributed by atoms with Crippen LogP contribution in [0.4, 0.5) is 11.5 Å². The van der Waals surface area contributed by atoms with Crippen LogP contribution >= 0.6 is 51.6 Å². The van der Waals surface area contributed by atoms with Gasteiger partial charge in [0.2, 0.25) is 0 Å². The molecule has 0 spiro atoms. The first kappa shape index (κ1) is 30.7. The summed E-state index contributed by atoms with van der Waals surface area (Å²) in [5, 5.41) is 12.6. The van der Waals surface area contributed by atoms with Gasteiger partial charge in [-0.3, -0.25) is 4.79 Å². The summed E-state index contributed by atoms with van der Waals surface area (Å²) in [4.78, 5) is 15.4. The number of nitrogens with one attached hydrogen (secondary N) is 2. The third-order valence-electron chi connectivity index (χ3n) is 6.47. The van der Waals surface area contributed by atoms with Gasteiger partial charge in [0.15, 0.2) is 5.82 Å². The first-order valence-electron chi connectivity index (χ1n) is 12.8. The van der Waals surface area contributed by atoms with Crippen molar-refractivity contribution in [1.29, 1.82) is 0 Å². The summed E-state index contributed by atoms with van der Waals surface area (Å²) in [6.07, 6.45) is 0.310. The van der Waals surface area contributed by atoms with Crippen molar-refractivity contribution >= 4 is 79.9 Å². The highest BCUT2D eigenvalue weighted by molar-refractivity contribution is 14.2. The van der Waals surface area contributed by atoms with Crippen LogP contribution in [0.5, 0.6) is 11.5 Å². The highest BCUT2D eigenvalue weighted by atomic mass is 127. The molecule has 1 fully saturated rings. The Morgan fingerprint density at radius 2 is 1.62 bits per heavy atom. The van der Waals surface area contributed by atoms with Crippen LogP contribution in [0.25, 0.3) is 22.0 Å². The van der Waals surface area contributed by atoms with E-state index in [1.165, 1.54) is 0 Å². The molecule has 12 heteroatoms. The van der Waals surface area contributed by atoms with Crippen molar-refractivity contribution < 1.29 is 14.3 Å². The number of methoxy groups -OCH3 is 2. The summed E-state index contributed by atoms with van der Waals surface area (Å²) in [6, 6.07) is 15.1. The van der Waals surface area contributed by atoms with E-state index in [2.05, 4.69) is 42.7 Å². The van der Waals surface area contributed by atoms with Gasteiger partial charge in [0.1, 0.15) is 11.5 Å². The predicted molar refractivity (Wildman–Crippen MR) is 177 cm³/mol. The van der Waals surface area contributed by atoms with E-state index < -0.39 is 0 Å². The maximum absolute atomic E-state index is 13.1. The Morgan fingerprint density at radius 1 is 1.00 bits per heavy atom. The Kier molecular flexibility index (Phi) is 10.8. The number of aromatic nitrogens is 2. The first-order chi connectivity index (χ1) is 19.4. The molecular weight excluding hydrogens is 683 g/mol. The van der Waals surface area contributed by atoms with Gasteiger partial charge in [-0.15, -0.1) is 5.10 Å². The van der Waals surface area contributed by atoms with Gasteiger partial charge in [-0.2, -0.15) is 0 Å². The molecule has 0 aliphatic carbocycles. The molecular formula is C28H31Cl2IN5O3P. The zero-order valence-electron chi connectivity index (χ0n) is 22.6. The average molecular weight is 714 g/mol. The second-order valence-corrected chi connectivity index (χ2v) is 11.4. The largest absolute Gasteiger partial charge is 0.495 e. The number of hydrogen-bond donors (Lipinski definition) is 2. The summed E-state index contributed by atoms with van der Waals surface area (Å²) >= 11 is 15.6. The minimum atomic E-state index is -0.215. The number of carbonyl (C=O) groups is 1. The summed E-state index contributed by atoms with van der Waals surface area (Å²) in [5.74, 6) is 1.20. The molecule has 2 N–H and O–H groups in total. The molecule has 1 saturated heterocycles. The number of ether oxygens (including phenoxy) is 2. The number of carbonyl (C=O) groups excluding carboxylic acids is 1. The highest BCUT2D eigenvalue weighted by Crippen LogP contribution is 2.47. The van der Waals surface area contributed by atoms with Crippen molar-refractivity contribution in [2.24, 2.45) is 0 Å². The zero-order chi connectivity index (χ0) is 28.8. The van der Waals surface area contributed by atoms with Crippen LogP contribution in [0, 0.1) is 0 Å². The number of nitrogens with zero attached hydrogens (tertiary/aromatic N) is 3. The number of hydrogen-bond acceptors (Lipinski definition) is 6. The molecule has 1 aliphatic heterocycles. The van der Waals surface area contributed by atoms with E-state index in [0.29, 0.717) is 44.9 Å². The fourth-order valence-electron chi connectivity index (χ4n) is 4.49. The Labute approximate surface area is 259 Å². The fraction of sp³-hybridized carbons (Fsp3) is 0.286. The minimum Gasteiger partial charge on any atom is -0.495 e. The molecule has 1 atom stereocenters. The lowest BCUT2D eigenvalue weighted by Crippen LogP contribution is -2.43. The molecule has 1 aliphatic rings. The van der Waals surface area contributed by atoms with Gasteiger partial charge >= 0.3 is 0 Å². The lowest BCUT2D eigenvalue weighted by molar-refractivity contribution is 0.102. The molecule has 1 aromatic heterocycles. The van der Waals surface area contributed by atoms with E-state index >= 15 is 0 Å². The van der Waals surface area contributed by atoms with Gasteiger partial charge < -0.3 is 25.0 Å². The van der Waals surface area contributed by atoms with Crippen LogP contribution in [0.1, 0.15) is 24.2 Å². The summed E-state index contributed by atoms with van der Waals surface area (Å²) < 4.78 is 12.7. The standard InChI is InChI=1S/C26H25Cl2IN5O3P.C2H6/c1-36-20-14-21(37-2)24(28)22(23(20)27)16-5-8-18-19(13-16)34(38-29)32-25(18)31-26(35)15-3-6-17(7-4-15)33-11-9-30-10-12-33;1-2/h3-8,13-14,30,38H,9-12H2,1-2H3,(H,31,32,35);1-2H3. The van der Waals surface area contributed by atoms with Gasteiger partial charge in [-0.1, -0.05) is 43.1 Å². The average Bonchev–Trinajstić information content (AvgIpc) is 3.35. The van der Waals surface area contributed by atoms with Gasteiger partial charge in [0.05, 0.1) is 36.2 Å². The number of benzene rings is 3. The highest BCUT2D eigenvalue weighted by Gasteiger charge is 2.21. The molecule has 212 valence electrons. The normalized spacial score (nSPS) is 13.3. The monoisotopic (exact) mass is 713 g/mol. The molecule has 1 amide bonds. The third-order valence-corrected chi connectivity index (χ3v) is 9.09. The van der Waals surface area contributed by atoms with E-state index in [9.17, 15) is 4.79 Å². The van der Waals surface area contributed by atoms with E-state index in [-0.39, 0.29) is 5.91 Å². The quantitative estimate of drug-likeness (QED) is 0.153. The fourth-order valence-corrected chi connectivity index (χ4v) is 6.73. The van der Waals surface area contributed by atoms with Crippen LogP contribution < -0.4 is 25.0 Å². The number of anilines is 2. The Bertz CT molecular complexity index is 1470. The van der Waals surface area contributed by atoms with E-state index in [1.54, 1.807) is 20.3 Å². The van der Waals surface area contributed by atoms with Crippen molar-refractivity contribution in [2.75, 3.05) is 50.6 Å². The Hall–Kier alpha value is -2.30. The number of fused-ring (bicyclic) bond motifs is 1. The third kappa shape index (κ3) is 6.29. The lowest BCUT2D eigenvalue weighted by atomic mass is 10.0. The molecule has 40 heavy (non-hydrogen) atoms. The SMILES string of the molecule is CC.COc1cc(OC)c(Cl)c(-c2ccc3c(NC(=O)c4ccc(N5CCNCC5)cc4)nn(PI)c3c2)c1Cl. The van der Waals surface area contributed by atoms with Crippen molar-refractivity contribution in [3.8, 4) is 22.6 Å². The smallest absolute Gasteiger partial charge is 0.256 e. The van der Waals surface area contributed by atoms with Crippen molar-refractivity contribution in [2.45, 2.75) is 13.8 Å². The van der Waals surface area contributed by atoms with Gasteiger partial charge in [0, 0.05) is 54.4 Å². The van der Waals surface area contributed by atoms with Crippen LogP contribution in [0.3, 0.4) is 0 Å². The number of piperazine rings is 1. The van der Waals surface area contributed by atoms with Crippen LogP contribution in [-0.2, 0) is 0 Å². The maximum atomic E-state index is 13.1. The molecule has 2 heterocycles.